The van der Waals surface area contributed by atoms with E-state index in [4.69, 9.17) is 0 Å². The third-order valence-electron chi connectivity index (χ3n) is 4.86. The molecule has 0 aromatic heterocycles. The van der Waals surface area contributed by atoms with E-state index in [9.17, 15) is 4.79 Å². The van der Waals surface area contributed by atoms with Crippen LogP contribution in [0.3, 0.4) is 0 Å². The number of nitrogens with one attached hydrogen (secondary N) is 1. The summed E-state index contributed by atoms with van der Waals surface area (Å²) in [4.78, 5) is 14.9. The average molecular weight is 322 g/mol. The molecule has 3 nitrogen and oxygen atoms in total. The van der Waals surface area contributed by atoms with E-state index < -0.39 is 0 Å². The van der Waals surface area contributed by atoms with Crippen molar-refractivity contribution < 1.29 is 4.79 Å². The molecule has 0 unspecified atom stereocenters. The number of anilines is 1. The van der Waals surface area contributed by atoms with E-state index in [0.29, 0.717) is 0 Å². The van der Waals surface area contributed by atoms with Gasteiger partial charge in [0.2, 0.25) is 0 Å². The van der Waals surface area contributed by atoms with Crippen LogP contribution in [0.2, 0.25) is 0 Å². The monoisotopic (exact) mass is 322 g/mol. The number of amides is 1. The fraction of sp³-hybridized carbons (Fsp3) is 0.381. The van der Waals surface area contributed by atoms with Crippen LogP contribution < -0.4 is 10.2 Å². The van der Waals surface area contributed by atoms with Crippen LogP contribution in [-0.2, 0) is 0 Å². The molecule has 2 aromatic carbocycles. The number of carbonyl (C=O) groups excluding carboxylic acids is 1. The van der Waals surface area contributed by atoms with Crippen molar-refractivity contribution in [2.24, 2.45) is 0 Å². The summed E-state index contributed by atoms with van der Waals surface area (Å²) < 4.78 is 0. The molecule has 126 valence electrons. The van der Waals surface area contributed by atoms with Gasteiger partial charge in [0, 0.05) is 30.4 Å². The van der Waals surface area contributed by atoms with Crippen LogP contribution in [0.4, 0.5) is 5.69 Å². The molecule has 3 rings (SSSR count). The summed E-state index contributed by atoms with van der Waals surface area (Å²) in [5.74, 6) is 0.0567. The van der Waals surface area contributed by atoms with Crippen LogP contribution in [0.15, 0.2) is 42.5 Å². The Labute approximate surface area is 144 Å². The molecule has 2 aromatic rings. The van der Waals surface area contributed by atoms with Gasteiger partial charge in [-0.1, -0.05) is 35.4 Å². The number of hydrogen-bond acceptors (Lipinski definition) is 2. The molecule has 24 heavy (non-hydrogen) atoms. The molecule has 1 N–H and O–H groups in total. The van der Waals surface area contributed by atoms with Crippen LogP contribution in [0.5, 0.6) is 0 Å². The van der Waals surface area contributed by atoms with Crippen molar-refractivity contribution >= 4 is 11.6 Å². The van der Waals surface area contributed by atoms with Crippen molar-refractivity contribution in [3.63, 3.8) is 0 Å². The number of piperidine rings is 1. The number of rotatable bonds is 3. The third-order valence-corrected chi connectivity index (χ3v) is 4.86. The van der Waals surface area contributed by atoms with E-state index in [-0.39, 0.29) is 11.9 Å². The Kier molecular flexibility index (Phi) is 4.89. The molecule has 0 bridgehead atoms. The molecule has 0 saturated carbocycles. The molecule has 1 aliphatic heterocycles. The van der Waals surface area contributed by atoms with Crippen LogP contribution in [0.1, 0.15) is 39.9 Å². The maximum Gasteiger partial charge on any atom is 0.251 e. The Hall–Kier alpha value is -2.29. The number of carbonyl (C=O) groups is 1. The zero-order valence-corrected chi connectivity index (χ0v) is 14.8. The lowest BCUT2D eigenvalue weighted by molar-refractivity contribution is 0.0930. The van der Waals surface area contributed by atoms with Gasteiger partial charge in [-0.3, -0.25) is 4.79 Å². The maximum absolute atomic E-state index is 12.5. The lowest BCUT2D eigenvalue weighted by Crippen LogP contribution is -2.44. The predicted octanol–water partition coefficient (Wildman–Crippen LogP) is 4.01. The minimum absolute atomic E-state index is 0.0567. The molecule has 0 radical (unpaired) electrons. The van der Waals surface area contributed by atoms with Crippen molar-refractivity contribution in [3.8, 4) is 0 Å². The van der Waals surface area contributed by atoms with E-state index in [2.05, 4.69) is 54.4 Å². The lowest BCUT2D eigenvalue weighted by atomic mass is 10.0. The summed E-state index contributed by atoms with van der Waals surface area (Å²) in [5.41, 5.74) is 5.59. The minimum Gasteiger partial charge on any atom is -0.371 e. The van der Waals surface area contributed by atoms with Gasteiger partial charge in [-0.25, -0.2) is 0 Å². The third kappa shape index (κ3) is 3.78. The fourth-order valence-electron chi connectivity index (χ4n) is 3.37. The second-order valence-corrected chi connectivity index (χ2v) is 6.89. The molecule has 1 saturated heterocycles. The van der Waals surface area contributed by atoms with Crippen LogP contribution in [0.25, 0.3) is 0 Å². The zero-order valence-electron chi connectivity index (χ0n) is 14.8. The molecule has 1 heterocycles. The van der Waals surface area contributed by atoms with Gasteiger partial charge in [-0.05, 0) is 57.4 Å². The summed E-state index contributed by atoms with van der Waals surface area (Å²) in [6.45, 7) is 8.14. The summed E-state index contributed by atoms with van der Waals surface area (Å²) in [5, 5.41) is 3.21. The average Bonchev–Trinajstić information content (AvgIpc) is 2.56. The first-order valence-corrected chi connectivity index (χ1v) is 8.72. The fourth-order valence-corrected chi connectivity index (χ4v) is 3.37. The second-order valence-electron chi connectivity index (χ2n) is 6.89. The minimum atomic E-state index is 0.0567. The summed E-state index contributed by atoms with van der Waals surface area (Å²) in [7, 11) is 0. The predicted molar refractivity (Wildman–Crippen MR) is 99.8 cm³/mol. The number of nitrogens with zero attached hydrogens (tertiary/aromatic N) is 1. The Morgan fingerprint density at radius 2 is 1.58 bits per heavy atom. The maximum atomic E-state index is 12.5. The topological polar surface area (TPSA) is 32.3 Å². The quantitative estimate of drug-likeness (QED) is 0.926. The first kappa shape index (κ1) is 16.6. The molecule has 3 heteroatoms. The Balaban J connectivity index is 1.57. The molecular formula is C21H26N2O. The van der Waals surface area contributed by atoms with Gasteiger partial charge >= 0.3 is 0 Å². The number of aryl methyl sites for hydroxylation is 3. The molecular weight excluding hydrogens is 296 g/mol. The highest BCUT2D eigenvalue weighted by molar-refractivity contribution is 5.95. The van der Waals surface area contributed by atoms with Gasteiger partial charge in [0.15, 0.2) is 0 Å². The van der Waals surface area contributed by atoms with Crippen molar-refractivity contribution in [3.05, 3.63) is 64.7 Å². The standard InChI is InChI=1S/C21H26N2O/c1-15-4-7-19(8-5-15)23-12-10-18(11-13-23)22-21(24)20-9-6-16(2)14-17(20)3/h4-9,14,18H,10-13H2,1-3H3,(H,22,24). The second kappa shape index (κ2) is 7.08. The Morgan fingerprint density at radius 1 is 0.958 bits per heavy atom. The van der Waals surface area contributed by atoms with Gasteiger partial charge in [-0.15, -0.1) is 0 Å². The molecule has 1 amide bonds. The molecule has 0 spiro atoms. The molecule has 0 aliphatic carbocycles. The van der Waals surface area contributed by atoms with Crippen molar-refractivity contribution in [2.75, 3.05) is 18.0 Å². The van der Waals surface area contributed by atoms with E-state index in [1.165, 1.54) is 16.8 Å². The SMILES string of the molecule is Cc1ccc(N2CCC(NC(=O)c3ccc(C)cc3C)CC2)cc1. The van der Waals surface area contributed by atoms with E-state index in [1.54, 1.807) is 0 Å². The summed E-state index contributed by atoms with van der Waals surface area (Å²) in [6, 6.07) is 14.9. The Bertz CT molecular complexity index is 713. The van der Waals surface area contributed by atoms with Crippen LogP contribution in [0, 0.1) is 20.8 Å². The normalized spacial score (nSPS) is 15.4. The van der Waals surface area contributed by atoms with Gasteiger partial charge in [-0.2, -0.15) is 0 Å². The largest absolute Gasteiger partial charge is 0.371 e. The van der Waals surface area contributed by atoms with Gasteiger partial charge in [0.1, 0.15) is 0 Å². The smallest absolute Gasteiger partial charge is 0.251 e. The highest BCUT2D eigenvalue weighted by Crippen LogP contribution is 2.21. The summed E-state index contributed by atoms with van der Waals surface area (Å²) in [6.07, 6.45) is 1.98. The first-order valence-electron chi connectivity index (χ1n) is 8.72. The van der Waals surface area contributed by atoms with E-state index in [0.717, 1.165) is 37.1 Å². The molecule has 1 aliphatic rings. The Morgan fingerprint density at radius 3 is 2.21 bits per heavy atom. The number of hydrogen-bond donors (Lipinski definition) is 1. The molecule has 0 atom stereocenters. The highest BCUT2D eigenvalue weighted by atomic mass is 16.1. The van der Waals surface area contributed by atoms with Crippen molar-refractivity contribution in [1.29, 1.82) is 0 Å². The van der Waals surface area contributed by atoms with Gasteiger partial charge in [0.05, 0.1) is 0 Å². The zero-order chi connectivity index (χ0) is 17.1. The molecule has 1 fully saturated rings. The van der Waals surface area contributed by atoms with Crippen LogP contribution in [-0.4, -0.2) is 25.0 Å². The summed E-state index contributed by atoms with van der Waals surface area (Å²) >= 11 is 0. The van der Waals surface area contributed by atoms with Crippen molar-refractivity contribution in [1.82, 2.24) is 5.32 Å². The van der Waals surface area contributed by atoms with Gasteiger partial charge < -0.3 is 10.2 Å². The van der Waals surface area contributed by atoms with Crippen molar-refractivity contribution in [2.45, 2.75) is 39.7 Å². The highest BCUT2D eigenvalue weighted by Gasteiger charge is 2.21. The number of benzene rings is 2. The lowest BCUT2D eigenvalue weighted by Gasteiger charge is -2.34. The van der Waals surface area contributed by atoms with E-state index in [1.807, 2.05) is 19.1 Å². The first-order chi connectivity index (χ1) is 11.5. The van der Waals surface area contributed by atoms with Gasteiger partial charge in [0.25, 0.3) is 5.91 Å². The van der Waals surface area contributed by atoms with Crippen LogP contribution >= 0.6 is 0 Å². The van der Waals surface area contributed by atoms with E-state index >= 15 is 0 Å².